The number of ketones is 1. The van der Waals surface area contributed by atoms with E-state index in [9.17, 15) is 19.1 Å². The molecule has 1 amide bonds. The minimum Gasteiger partial charge on any atom is -0.507 e. The van der Waals surface area contributed by atoms with Crippen LogP contribution >= 0.6 is 0 Å². The highest BCUT2D eigenvalue weighted by atomic mass is 19.1. The highest BCUT2D eigenvalue weighted by Crippen LogP contribution is 2.42. The second-order valence-corrected chi connectivity index (χ2v) is 7.32. The largest absolute Gasteiger partial charge is 0.507 e. The molecule has 1 aromatic heterocycles. The maximum absolute atomic E-state index is 13.6. The number of benzene rings is 2. The molecule has 1 fully saturated rings. The van der Waals surface area contributed by atoms with Gasteiger partial charge in [0.15, 0.2) is 0 Å². The van der Waals surface area contributed by atoms with Gasteiger partial charge in [-0.3, -0.25) is 14.5 Å². The van der Waals surface area contributed by atoms with Crippen LogP contribution < -0.4 is 9.64 Å². The monoisotopic (exact) mass is 432 g/mol. The van der Waals surface area contributed by atoms with Crippen molar-refractivity contribution in [2.24, 2.45) is 0 Å². The first-order valence-electron chi connectivity index (χ1n) is 10.1. The lowest BCUT2D eigenvalue weighted by Crippen LogP contribution is -2.30. The molecule has 7 heteroatoms. The van der Waals surface area contributed by atoms with Crippen LogP contribution in [0.25, 0.3) is 5.76 Å². The number of hydrogen-bond donors (Lipinski definition) is 1. The van der Waals surface area contributed by atoms with E-state index in [-0.39, 0.29) is 17.2 Å². The molecule has 1 aliphatic rings. The Kier molecular flexibility index (Phi) is 5.73. The molecule has 1 N–H and O–H groups in total. The van der Waals surface area contributed by atoms with Crippen molar-refractivity contribution in [3.8, 4) is 5.75 Å². The van der Waals surface area contributed by atoms with Gasteiger partial charge in [0, 0.05) is 11.8 Å². The Hall–Kier alpha value is -4.00. The fourth-order valence-corrected chi connectivity index (χ4v) is 3.83. The fourth-order valence-electron chi connectivity index (χ4n) is 3.83. The molecule has 6 nitrogen and oxygen atoms in total. The van der Waals surface area contributed by atoms with Gasteiger partial charge in [-0.2, -0.15) is 0 Å². The quantitative estimate of drug-likeness (QED) is 0.363. The van der Waals surface area contributed by atoms with Gasteiger partial charge in [0.05, 0.1) is 18.2 Å². The molecule has 1 atom stereocenters. The van der Waals surface area contributed by atoms with E-state index in [1.165, 1.54) is 35.4 Å². The molecule has 0 bridgehead atoms. The van der Waals surface area contributed by atoms with Crippen LogP contribution in [0.15, 0.2) is 72.4 Å². The number of nitrogens with zero attached hydrogens (tertiary/aromatic N) is 2. The van der Waals surface area contributed by atoms with Crippen LogP contribution in [0.3, 0.4) is 0 Å². The Morgan fingerprint density at radius 3 is 2.50 bits per heavy atom. The number of anilines is 1. The minimum absolute atomic E-state index is 0.0838. The molecule has 1 saturated heterocycles. The standard InChI is InChI=1S/C25H21FN2O4/c1-3-32-18-11-12-19(15(2)14-18)23(29)21-22(16-7-9-17(26)10-8-16)28(25(31)24(21)30)20-6-4-5-13-27-20/h4-14,22,29H,3H2,1-2H3/b23-21+. The average Bonchev–Trinajstić information content (AvgIpc) is 3.05. The van der Waals surface area contributed by atoms with Crippen molar-refractivity contribution >= 4 is 23.3 Å². The van der Waals surface area contributed by atoms with E-state index >= 15 is 0 Å². The van der Waals surface area contributed by atoms with E-state index in [2.05, 4.69) is 4.98 Å². The Morgan fingerprint density at radius 2 is 1.88 bits per heavy atom. The smallest absolute Gasteiger partial charge is 0.301 e. The number of aromatic nitrogens is 1. The summed E-state index contributed by atoms with van der Waals surface area (Å²) in [5.41, 5.74) is 1.47. The zero-order valence-corrected chi connectivity index (χ0v) is 17.6. The molecule has 0 spiro atoms. The van der Waals surface area contributed by atoms with Gasteiger partial charge in [-0.05, 0) is 67.4 Å². The predicted octanol–water partition coefficient (Wildman–Crippen LogP) is 4.55. The Labute approximate surface area is 184 Å². The Balaban J connectivity index is 1.91. The topological polar surface area (TPSA) is 79.7 Å². The third-order valence-corrected chi connectivity index (χ3v) is 5.29. The lowest BCUT2D eigenvalue weighted by atomic mass is 9.94. The number of Topliss-reactive ketones (excluding diaryl/α,β-unsaturated/α-hetero) is 1. The Morgan fingerprint density at radius 1 is 1.12 bits per heavy atom. The number of carbonyl (C=O) groups excluding carboxylic acids is 2. The van der Waals surface area contributed by atoms with Crippen LogP contribution in [-0.2, 0) is 9.59 Å². The van der Waals surface area contributed by atoms with Crippen molar-refractivity contribution in [3.63, 3.8) is 0 Å². The number of carbonyl (C=O) groups is 2. The van der Waals surface area contributed by atoms with Crippen LogP contribution in [0.4, 0.5) is 10.2 Å². The van der Waals surface area contributed by atoms with Gasteiger partial charge >= 0.3 is 5.91 Å². The maximum Gasteiger partial charge on any atom is 0.301 e. The number of pyridine rings is 1. The molecule has 0 aliphatic carbocycles. The molecular formula is C25H21FN2O4. The summed E-state index contributed by atoms with van der Waals surface area (Å²) in [6, 6.07) is 14.6. The molecule has 1 aliphatic heterocycles. The van der Waals surface area contributed by atoms with Crippen LogP contribution in [0.2, 0.25) is 0 Å². The molecule has 2 aromatic carbocycles. The van der Waals surface area contributed by atoms with Crippen LogP contribution in [0.5, 0.6) is 5.75 Å². The maximum atomic E-state index is 13.6. The minimum atomic E-state index is -0.962. The zero-order chi connectivity index (χ0) is 22.8. The fraction of sp³-hybridized carbons (Fsp3) is 0.160. The van der Waals surface area contributed by atoms with Gasteiger partial charge in [-0.25, -0.2) is 9.37 Å². The van der Waals surface area contributed by atoms with Gasteiger partial charge in [0.2, 0.25) is 0 Å². The molecule has 2 heterocycles. The van der Waals surface area contributed by atoms with Crippen molar-refractivity contribution < 1.29 is 23.8 Å². The number of aliphatic hydroxyl groups is 1. The van der Waals surface area contributed by atoms with Crippen molar-refractivity contribution in [2.45, 2.75) is 19.9 Å². The Bertz CT molecular complexity index is 1210. The van der Waals surface area contributed by atoms with Gasteiger partial charge in [0.1, 0.15) is 23.1 Å². The first kappa shape index (κ1) is 21.2. The van der Waals surface area contributed by atoms with Crippen molar-refractivity contribution in [1.29, 1.82) is 0 Å². The third kappa shape index (κ3) is 3.73. The van der Waals surface area contributed by atoms with Crippen LogP contribution in [0.1, 0.15) is 29.7 Å². The molecule has 162 valence electrons. The van der Waals surface area contributed by atoms with Crippen molar-refractivity contribution in [2.75, 3.05) is 11.5 Å². The third-order valence-electron chi connectivity index (χ3n) is 5.29. The molecule has 32 heavy (non-hydrogen) atoms. The summed E-state index contributed by atoms with van der Waals surface area (Å²) in [7, 11) is 0. The molecular weight excluding hydrogens is 411 g/mol. The van der Waals surface area contributed by atoms with Crippen molar-refractivity contribution in [3.05, 3.63) is 94.9 Å². The normalized spacial score (nSPS) is 17.6. The predicted molar refractivity (Wildman–Crippen MR) is 118 cm³/mol. The number of ether oxygens (including phenoxy) is 1. The van der Waals surface area contributed by atoms with Crippen molar-refractivity contribution in [1.82, 2.24) is 4.98 Å². The van der Waals surface area contributed by atoms with E-state index in [0.717, 1.165) is 0 Å². The van der Waals surface area contributed by atoms with E-state index in [1.54, 1.807) is 43.3 Å². The summed E-state index contributed by atoms with van der Waals surface area (Å²) in [4.78, 5) is 31.6. The molecule has 0 saturated carbocycles. The summed E-state index contributed by atoms with van der Waals surface area (Å²) >= 11 is 0. The molecule has 0 radical (unpaired) electrons. The average molecular weight is 432 g/mol. The summed E-state index contributed by atoms with van der Waals surface area (Å²) in [5, 5.41) is 11.2. The van der Waals surface area contributed by atoms with E-state index < -0.39 is 23.5 Å². The summed E-state index contributed by atoms with van der Waals surface area (Å²) in [6.07, 6.45) is 1.51. The number of aliphatic hydroxyl groups excluding tert-OH is 1. The van der Waals surface area contributed by atoms with E-state index in [1.807, 2.05) is 6.92 Å². The SMILES string of the molecule is CCOc1ccc(/C(O)=C2\C(=O)C(=O)N(c3ccccn3)C2c2ccc(F)cc2)c(C)c1. The van der Waals surface area contributed by atoms with Gasteiger partial charge in [-0.15, -0.1) is 0 Å². The number of rotatable bonds is 5. The van der Waals surface area contributed by atoms with Crippen LogP contribution in [0, 0.1) is 12.7 Å². The summed E-state index contributed by atoms with van der Waals surface area (Å²) in [6.45, 7) is 4.13. The number of halogens is 1. The lowest BCUT2D eigenvalue weighted by molar-refractivity contribution is -0.132. The summed E-state index contributed by atoms with van der Waals surface area (Å²) in [5.74, 6) is -1.53. The second kappa shape index (κ2) is 8.63. The second-order valence-electron chi connectivity index (χ2n) is 7.32. The van der Waals surface area contributed by atoms with Crippen LogP contribution in [-0.4, -0.2) is 28.4 Å². The number of hydrogen-bond acceptors (Lipinski definition) is 5. The molecule has 3 aromatic rings. The van der Waals surface area contributed by atoms with E-state index in [0.29, 0.717) is 29.0 Å². The first-order chi connectivity index (χ1) is 15.4. The van der Waals surface area contributed by atoms with E-state index in [4.69, 9.17) is 4.74 Å². The molecule has 1 unspecified atom stereocenters. The summed E-state index contributed by atoms with van der Waals surface area (Å²) < 4.78 is 19.1. The highest BCUT2D eigenvalue weighted by Gasteiger charge is 2.47. The van der Waals surface area contributed by atoms with Gasteiger partial charge in [0.25, 0.3) is 5.78 Å². The highest BCUT2D eigenvalue weighted by molar-refractivity contribution is 6.51. The lowest BCUT2D eigenvalue weighted by Gasteiger charge is -2.24. The number of amides is 1. The van der Waals surface area contributed by atoms with Gasteiger partial charge in [-0.1, -0.05) is 18.2 Å². The first-order valence-corrected chi connectivity index (χ1v) is 10.1. The number of aryl methyl sites for hydroxylation is 1. The zero-order valence-electron chi connectivity index (χ0n) is 17.6. The van der Waals surface area contributed by atoms with Gasteiger partial charge < -0.3 is 9.84 Å². The molecule has 4 rings (SSSR count).